The van der Waals surface area contributed by atoms with E-state index in [0.29, 0.717) is 13.1 Å². The van der Waals surface area contributed by atoms with E-state index in [0.717, 1.165) is 25.7 Å². The fourth-order valence-corrected chi connectivity index (χ4v) is 2.54. The van der Waals surface area contributed by atoms with Crippen LogP contribution < -0.4 is 11.1 Å². The van der Waals surface area contributed by atoms with Gasteiger partial charge in [-0.05, 0) is 12.8 Å². The lowest BCUT2D eigenvalue weighted by Crippen LogP contribution is -2.42. The summed E-state index contributed by atoms with van der Waals surface area (Å²) < 4.78 is 0. The van der Waals surface area contributed by atoms with Crippen molar-refractivity contribution in [3.05, 3.63) is 0 Å². The van der Waals surface area contributed by atoms with Crippen LogP contribution in [0.25, 0.3) is 0 Å². The van der Waals surface area contributed by atoms with E-state index in [4.69, 9.17) is 5.73 Å². The topological polar surface area (TPSA) is 72.2 Å². The van der Waals surface area contributed by atoms with Gasteiger partial charge in [0, 0.05) is 30.8 Å². The van der Waals surface area contributed by atoms with Crippen molar-refractivity contribution >= 4 is 11.7 Å². The van der Waals surface area contributed by atoms with Crippen molar-refractivity contribution in [2.24, 2.45) is 23.5 Å². The highest BCUT2D eigenvalue weighted by Gasteiger charge is 2.36. The minimum absolute atomic E-state index is 0.00847. The molecule has 0 aromatic carbocycles. The molecule has 3 N–H and O–H groups in total. The van der Waals surface area contributed by atoms with Crippen molar-refractivity contribution in [2.45, 2.75) is 39.5 Å². The number of hydrogen-bond acceptors (Lipinski definition) is 3. The molecule has 0 saturated heterocycles. The molecular formula is C13H24N2O2. The van der Waals surface area contributed by atoms with Gasteiger partial charge in [0.15, 0.2) is 0 Å². The van der Waals surface area contributed by atoms with E-state index < -0.39 is 0 Å². The molecule has 0 spiro atoms. The summed E-state index contributed by atoms with van der Waals surface area (Å²) in [5, 5.41) is 2.81. The lowest BCUT2D eigenvalue weighted by Gasteiger charge is -2.30. The van der Waals surface area contributed by atoms with Crippen LogP contribution >= 0.6 is 0 Å². The van der Waals surface area contributed by atoms with Gasteiger partial charge in [0.1, 0.15) is 5.78 Å². The Balaban J connectivity index is 2.65. The summed E-state index contributed by atoms with van der Waals surface area (Å²) in [6.45, 7) is 4.76. The first-order chi connectivity index (χ1) is 8.07. The quantitative estimate of drug-likeness (QED) is 0.755. The van der Waals surface area contributed by atoms with E-state index in [2.05, 4.69) is 5.32 Å². The average Bonchev–Trinajstić information content (AvgIpc) is 2.34. The van der Waals surface area contributed by atoms with Gasteiger partial charge >= 0.3 is 0 Å². The standard InChI is InChI=1S/C13H24N2O2/c1-9(2)12(16)10-5-3-4-6-11(10)13(17)15-8-7-14/h9-11H,3-8,14H2,1-2H3,(H,15,17). The summed E-state index contributed by atoms with van der Waals surface area (Å²) in [6, 6.07) is 0. The van der Waals surface area contributed by atoms with E-state index in [1.165, 1.54) is 0 Å². The largest absolute Gasteiger partial charge is 0.355 e. The smallest absolute Gasteiger partial charge is 0.223 e. The number of hydrogen-bond donors (Lipinski definition) is 2. The maximum atomic E-state index is 12.1. The van der Waals surface area contributed by atoms with Crippen molar-refractivity contribution in [3.8, 4) is 0 Å². The third-order valence-corrected chi connectivity index (χ3v) is 3.48. The molecule has 1 amide bonds. The molecule has 0 aromatic heterocycles. The predicted octanol–water partition coefficient (Wildman–Crippen LogP) is 1.09. The SMILES string of the molecule is CC(C)C(=O)C1CCCCC1C(=O)NCCN. The molecule has 2 atom stereocenters. The van der Waals surface area contributed by atoms with Crippen molar-refractivity contribution in [1.82, 2.24) is 5.32 Å². The van der Waals surface area contributed by atoms with Crippen molar-refractivity contribution in [3.63, 3.8) is 0 Å². The number of amides is 1. The maximum absolute atomic E-state index is 12.1. The lowest BCUT2D eigenvalue weighted by atomic mass is 9.74. The van der Waals surface area contributed by atoms with Crippen LogP contribution in [0.1, 0.15) is 39.5 Å². The van der Waals surface area contributed by atoms with E-state index in [9.17, 15) is 9.59 Å². The molecule has 17 heavy (non-hydrogen) atoms. The summed E-state index contributed by atoms with van der Waals surface area (Å²) in [4.78, 5) is 24.1. The lowest BCUT2D eigenvalue weighted by molar-refractivity contribution is -0.137. The van der Waals surface area contributed by atoms with Gasteiger partial charge in [-0.15, -0.1) is 0 Å². The van der Waals surface area contributed by atoms with Crippen LogP contribution in [0, 0.1) is 17.8 Å². The molecule has 1 saturated carbocycles. The summed E-state index contributed by atoms with van der Waals surface area (Å²) in [5.74, 6) is 0.0429. The highest BCUT2D eigenvalue weighted by atomic mass is 16.2. The molecular weight excluding hydrogens is 216 g/mol. The number of carbonyl (C=O) groups excluding carboxylic acids is 2. The minimum Gasteiger partial charge on any atom is -0.355 e. The van der Waals surface area contributed by atoms with E-state index >= 15 is 0 Å². The average molecular weight is 240 g/mol. The first-order valence-corrected chi connectivity index (χ1v) is 6.59. The van der Waals surface area contributed by atoms with Crippen molar-refractivity contribution in [2.75, 3.05) is 13.1 Å². The number of nitrogens with one attached hydrogen (secondary N) is 1. The number of carbonyl (C=O) groups is 2. The second-order valence-electron chi connectivity index (χ2n) is 5.13. The molecule has 2 unspecified atom stereocenters. The van der Waals surface area contributed by atoms with Gasteiger partial charge in [-0.3, -0.25) is 9.59 Å². The Kier molecular flexibility index (Phi) is 5.62. The van der Waals surface area contributed by atoms with Crippen LogP contribution in [0.4, 0.5) is 0 Å². The van der Waals surface area contributed by atoms with Crippen molar-refractivity contribution in [1.29, 1.82) is 0 Å². The molecule has 1 aliphatic carbocycles. The molecule has 0 radical (unpaired) electrons. The molecule has 0 aliphatic heterocycles. The molecule has 4 heteroatoms. The summed E-state index contributed by atoms with van der Waals surface area (Å²) in [5.41, 5.74) is 5.37. The molecule has 4 nitrogen and oxygen atoms in total. The van der Waals surface area contributed by atoms with Gasteiger partial charge in [0.05, 0.1) is 0 Å². The van der Waals surface area contributed by atoms with E-state index in [-0.39, 0.29) is 29.4 Å². The number of rotatable bonds is 5. The molecule has 1 fully saturated rings. The van der Waals surface area contributed by atoms with Gasteiger partial charge in [-0.2, -0.15) is 0 Å². The van der Waals surface area contributed by atoms with Crippen LogP contribution in [-0.4, -0.2) is 24.8 Å². The monoisotopic (exact) mass is 240 g/mol. The van der Waals surface area contributed by atoms with Gasteiger partial charge in [-0.25, -0.2) is 0 Å². The first-order valence-electron chi connectivity index (χ1n) is 6.59. The fraction of sp³-hybridized carbons (Fsp3) is 0.846. The van der Waals surface area contributed by atoms with Crippen molar-refractivity contribution < 1.29 is 9.59 Å². The zero-order valence-electron chi connectivity index (χ0n) is 10.9. The first kappa shape index (κ1) is 14.2. The molecule has 1 aliphatic rings. The third-order valence-electron chi connectivity index (χ3n) is 3.48. The Morgan fingerprint density at radius 3 is 2.35 bits per heavy atom. The highest BCUT2D eigenvalue weighted by molar-refractivity contribution is 5.89. The molecule has 0 heterocycles. The normalized spacial score (nSPS) is 24.7. The molecule has 0 bridgehead atoms. The number of ketones is 1. The second kappa shape index (κ2) is 6.74. The molecule has 1 rings (SSSR count). The van der Waals surface area contributed by atoms with Crippen LogP contribution in [-0.2, 0) is 9.59 Å². The minimum atomic E-state index is -0.134. The second-order valence-corrected chi connectivity index (χ2v) is 5.13. The van der Waals surface area contributed by atoms with Gasteiger partial charge < -0.3 is 11.1 Å². The summed E-state index contributed by atoms with van der Waals surface area (Å²) in [6.07, 6.45) is 3.80. The Bertz CT molecular complexity index is 277. The Morgan fingerprint density at radius 1 is 1.24 bits per heavy atom. The highest BCUT2D eigenvalue weighted by Crippen LogP contribution is 2.32. The number of Topliss-reactive ketones (excluding diaryl/α,β-unsaturated/α-hetero) is 1. The molecule has 0 aromatic rings. The van der Waals surface area contributed by atoms with E-state index in [1.807, 2.05) is 13.8 Å². The zero-order valence-corrected chi connectivity index (χ0v) is 10.9. The van der Waals surface area contributed by atoms with Gasteiger partial charge in [-0.1, -0.05) is 26.7 Å². The Morgan fingerprint density at radius 2 is 1.82 bits per heavy atom. The fourth-order valence-electron chi connectivity index (χ4n) is 2.54. The van der Waals surface area contributed by atoms with E-state index in [1.54, 1.807) is 0 Å². The summed E-state index contributed by atoms with van der Waals surface area (Å²) >= 11 is 0. The third kappa shape index (κ3) is 3.80. The Hall–Kier alpha value is -0.900. The number of nitrogens with two attached hydrogens (primary N) is 1. The summed E-state index contributed by atoms with van der Waals surface area (Å²) in [7, 11) is 0. The Labute approximate surface area is 103 Å². The van der Waals surface area contributed by atoms with Crippen LogP contribution in [0.5, 0.6) is 0 Å². The van der Waals surface area contributed by atoms with Crippen LogP contribution in [0.2, 0.25) is 0 Å². The zero-order chi connectivity index (χ0) is 12.8. The van der Waals surface area contributed by atoms with Crippen LogP contribution in [0.15, 0.2) is 0 Å². The van der Waals surface area contributed by atoms with Gasteiger partial charge in [0.25, 0.3) is 0 Å². The van der Waals surface area contributed by atoms with Crippen LogP contribution in [0.3, 0.4) is 0 Å². The maximum Gasteiger partial charge on any atom is 0.223 e. The molecule has 98 valence electrons. The predicted molar refractivity (Wildman–Crippen MR) is 67.4 cm³/mol. The van der Waals surface area contributed by atoms with Gasteiger partial charge in [0.2, 0.25) is 5.91 Å².